The van der Waals surface area contributed by atoms with Gasteiger partial charge in [0.1, 0.15) is 0 Å². The van der Waals surface area contributed by atoms with Gasteiger partial charge in [0.15, 0.2) is 0 Å². The predicted molar refractivity (Wildman–Crippen MR) is 136 cm³/mol. The number of thiazole rings is 1. The number of nitrogens with zero attached hydrogens (tertiary/aromatic N) is 4. The first-order valence-corrected chi connectivity index (χ1v) is 13.3. The van der Waals surface area contributed by atoms with Crippen LogP contribution in [0.15, 0.2) is 54.2 Å². The van der Waals surface area contributed by atoms with Gasteiger partial charge in [0.2, 0.25) is 0 Å². The van der Waals surface area contributed by atoms with Gasteiger partial charge < -0.3 is 4.90 Å². The van der Waals surface area contributed by atoms with Crippen molar-refractivity contribution in [2.75, 3.05) is 7.05 Å². The quantitative estimate of drug-likeness (QED) is 0.523. The Labute approximate surface area is 205 Å². The van der Waals surface area contributed by atoms with Crippen LogP contribution in [0.2, 0.25) is 0 Å². The number of carbonyl (C=O) groups is 1. The van der Waals surface area contributed by atoms with E-state index in [-0.39, 0.29) is 17.4 Å². The molecule has 176 valence electrons. The molecule has 4 heterocycles. The molecule has 1 aromatic carbocycles. The third-order valence-corrected chi connectivity index (χ3v) is 9.74. The van der Waals surface area contributed by atoms with Gasteiger partial charge in [0.05, 0.1) is 21.8 Å². The lowest BCUT2D eigenvalue weighted by atomic mass is 9.64. The summed E-state index contributed by atoms with van der Waals surface area (Å²) in [7, 11) is 2.30. The van der Waals surface area contributed by atoms with Crippen LogP contribution < -0.4 is 0 Å². The minimum atomic E-state index is 0.157. The summed E-state index contributed by atoms with van der Waals surface area (Å²) in [6, 6.07) is 16.0. The fourth-order valence-corrected chi connectivity index (χ4v) is 7.97. The second kappa shape index (κ2) is 8.28. The summed E-state index contributed by atoms with van der Waals surface area (Å²) in [5, 5.41) is 0. The van der Waals surface area contributed by atoms with Gasteiger partial charge in [-0.1, -0.05) is 37.3 Å². The number of rotatable bonds is 4. The van der Waals surface area contributed by atoms with Crippen molar-refractivity contribution in [3.8, 4) is 10.6 Å². The largest absolute Gasteiger partial charge is 0.330 e. The third-order valence-electron chi connectivity index (χ3n) is 8.79. The maximum absolute atomic E-state index is 14.2. The van der Waals surface area contributed by atoms with Crippen LogP contribution in [-0.4, -0.2) is 56.9 Å². The number of likely N-dealkylation sites (tertiary alicyclic amines) is 2. The Bertz CT molecular complexity index is 1210. The Hall–Kier alpha value is -2.57. The Morgan fingerprint density at radius 1 is 1.15 bits per heavy atom. The van der Waals surface area contributed by atoms with Crippen LogP contribution in [-0.2, 0) is 6.42 Å². The van der Waals surface area contributed by atoms with Crippen LogP contribution in [0, 0.1) is 12.3 Å². The zero-order valence-electron chi connectivity index (χ0n) is 20.1. The van der Waals surface area contributed by atoms with Crippen molar-refractivity contribution in [1.82, 2.24) is 19.8 Å². The molecule has 6 rings (SSSR count). The van der Waals surface area contributed by atoms with Crippen molar-refractivity contribution in [2.24, 2.45) is 5.41 Å². The minimum absolute atomic E-state index is 0.157. The van der Waals surface area contributed by atoms with Crippen molar-refractivity contribution < 1.29 is 4.79 Å². The van der Waals surface area contributed by atoms with E-state index in [2.05, 4.69) is 64.1 Å². The van der Waals surface area contributed by atoms with Crippen LogP contribution in [0.3, 0.4) is 0 Å². The van der Waals surface area contributed by atoms with E-state index in [9.17, 15) is 4.79 Å². The first kappa shape index (κ1) is 21.9. The van der Waals surface area contributed by atoms with Gasteiger partial charge >= 0.3 is 0 Å². The highest BCUT2D eigenvalue weighted by Gasteiger charge is 2.62. The van der Waals surface area contributed by atoms with Crippen LogP contribution >= 0.6 is 11.3 Å². The smallest absolute Gasteiger partial charge is 0.254 e. The maximum atomic E-state index is 14.2. The van der Waals surface area contributed by atoms with E-state index in [1.54, 1.807) is 17.5 Å². The fourth-order valence-electron chi connectivity index (χ4n) is 7.20. The normalized spacial score (nSPS) is 30.5. The van der Waals surface area contributed by atoms with Crippen molar-refractivity contribution in [2.45, 2.75) is 70.1 Å². The lowest BCUT2D eigenvalue weighted by Gasteiger charge is -2.51. The number of hydrogen-bond acceptors (Lipinski definition) is 5. The van der Waals surface area contributed by atoms with Crippen LogP contribution in [0.5, 0.6) is 0 Å². The molecule has 1 saturated carbocycles. The maximum Gasteiger partial charge on any atom is 0.254 e. The number of pyridine rings is 1. The van der Waals surface area contributed by atoms with E-state index in [0.717, 1.165) is 41.1 Å². The van der Waals surface area contributed by atoms with Crippen LogP contribution in [0.4, 0.5) is 0 Å². The minimum Gasteiger partial charge on any atom is -0.330 e. The fraction of sp³-hybridized carbons (Fsp3) is 0.464. The molecule has 34 heavy (non-hydrogen) atoms. The summed E-state index contributed by atoms with van der Waals surface area (Å²) >= 11 is 1.58. The molecule has 3 aliphatic rings. The summed E-state index contributed by atoms with van der Waals surface area (Å²) in [6.45, 7) is 4.44. The summed E-state index contributed by atoms with van der Waals surface area (Å²) < 4.78 is 0. The Kier molecular flexibility index (Phi) is 5.34. The third kappa shape index (κ3) is 3.34. The summed E-state index contributed by atoms with van der Waals surface area (Å²) in [5.74, 6) is 0.165. The lowest BCUT2D eigenvalue weighted by Crippen LogP contribution is -2.59. The molecule has 0 spiro atoms. The number of hydrogen-bond donors (Lipinski definition) is 0. The SMILES string of the molecule is Cc1ncsc1-c1cc(C(=O)N2[C@H]3CCC[C@H]4N(C)[C@@H](Cc5ccccc5)[C@@H]2C[C@@]34C)ccn1. The Morgan fingerprint density at radius 3 is 2.71 bits per heavy atom. The zero-order valence-corrected chi connectivity index (χ0v) is 21.0. The van der Waals surface area contributed by atoms with Crippen molar-refractivity contribution in [3.05, 3.63) is 71.0 Å². The summed E-state index contributed by atoms with van der Waals surface area (Å²) in [4.78, 5) is 29.1. The number of piperidine rings is 1. The predicted octanol–water partition coefficient (Wildman–Crippen LogP) is 5.21. The zero-order chi connectivity index (χ0) is 23.4. The van der Waals surface area contributed by atoms with Crippen molar-refractivity contribution >= 4 is 17.2 Å². The lowest BCUT2D eigenvalue weighted by molar-refractivity contribution is -0.00397. The van der Waals surface area contributed by atoms with Crippen LogP contribution in [0.1, 0.15) is 54.2 Å². The molecule has 2 bridgehead atoms. The summed E-state index contributed by atoms with van der Waals surface area (Å²) in [6.07, 6.45) is 7.38. The second-order valence-electron chi connectivity index (χ2n) is 10.6. The molecular weight excluding hydrogens is 440 g/mol. The molecule has 0 unspecified atom stereocenters. The molecule has 2 aromatic heterocycles. The standard InChI is InChI=1S/C28H32N4OS/c1-18-26(34-17-30-18)21-15-20(12-13-29-21)27(33)32-23-16-28(2)24(10-7-11-25(28)32)31(3)22(23)14-19-8-5-4-6-9-19/h4-6,8-9,12-13,15,17,22-25H,7,10-11,14,16H2,1-3H3/t22-,23-,24+,25-,28+/m0/s1. The molecule has 6 heteroatoms. The first-order chi connectivity index (χ1) is 16.5. The molecule has 1 amide bonds. The highest BCUT2D eigenvalue weighted by atomic mass is 32.1. The average molecular weight is 473 g/mol. The molecule has 2 saturated heterocycles. The van der Waals surface area contributed by atoms with Gasteiger partial charge in [0, 0.05) is 41.3 Å². The van der Waals surface area contributed by atoms with Gasteiger partial charge in [-0.25, -0.2) is 4.98 Å². The molecular formula is C28H32N4OS. The van der Waals surface area contributed by atoms with E-state index >= 15 is 0 Å². The average Bonchev–Trinajstić information content (AvgIpc) is 3.41. The Morgan fingerprint density at radius 2 is 1.94 bits per heavy atom. The molecule has 5 atom stereocenters. The Balaban J connectivity index is 1.38. The monoisotopic (exact) mass is 472 g/mol. The van der Waals surface area contributed by atoms with Gasteiger partial charge in [-0.2, -0.15) is 0 Å². The number of fused-ring (bicyclic) bond motifs is 1. The topological polar surface area (TPSA) is 49.3 Å². The number of aromatic nitrogens is 2. The molecule has 5 nitrogen and oxygen atoms in total. The number of carbonyl (C=O) groups excluding carboxylic acids is 1. The van der Waals surface area contributed by atoms with E-state index in [1.165, 1.54) is 18.4 Å². The number of benzene rings is 1. The molecule has 2 aliphatic heterocycles. The van der Waals surface area contributed by atoms with Gasteiger partial charge in [-0.15, -0.1) is 11.3 Å². The van der Waals surface area contributed by atoms with Crippen molar-refractivity contribution in [1.29, 1.82) is 0 Å². The molecule has 3 fully saturated rings. The summed E-state index contributed by atoms with van der Waals surface area (Å²) in [5.41, 5.74) is 5.91. The van der Waals surface area contributed by atoms with Gasteiger partial charge in [-0.3, -0.25) is 14.7 Å². The molecule has 0 N–H and O–H groups in total. The first-order valence-electron chi connectivity index (χ1n) is 12.4. The molecule has 0 radical (unpaired) electrons. The number of likely N-dealkylation sites (N-methyl/N-ethyl adjacent to an activating group) is 1. The van der Waals surface area contributed by atoms with E-state index < -0.39 is 0 Å². The molecule has 3 aromatic rings. The van der Waals surface area contributed by atoms with E-state index in [1.807, 2.05) is 24.6 Å². The number of aryl methyl sites for hydroxylation is 1. The van der Waals surface area contributed by atoms with E-state index in [0.29, 0.717) is 18.1 Å². The van der Waals surface area contributed by atoms with Gasteiger partial charge in [-0.05, 0) is 63.8 Å². The molecule has 1 aliphatic carbocycles. The highest BCUT2D eigenvalue weighted by molar-refractivity contribution is 7.13. The van der Waals surface area contributed by atoms with E-state index in [4.69, 9.17) is 0 Å². The number of amides is 1. The van der Waals surface area contributed by atoms with Gasteiger partial charge in [0.25, 0.3) is 5.91 Å². The highest BCUT2D eigenvalue weighted by Crippen LogP contribution is 2.56. The van der Waals surface area contributed by atoms with Crippen molar-refractivity contribution in [3.63, 3.8) is 0 Å². The second-order valence-corrected chi connectivity index (χ2v) is 11.4. The van der Waals surface area contributed by atoms with Crippen LogP contribution in [0.25, 0.3) is 10.6 Å².